The van der Waals surface area contributed by atoms with Crippen LogP contribution in [0.3, 0.4) is 0 Å². The fourth-order valence-electron chi connectivity index (χ4n) is 2.10. The molecule has 0 spiro atoms. The van der Waals surface area contributed by atoms with Gasteiger partial charge in [0, 0.05) is 0 Å². The van der Waals surface area contributed by atoms with Gasteiger partial charge in [0.15, 0.2) is 0 Å². The zero-order valence-electron chi connectivity index (χ0n) is 12.1. The van der Waals surface area contributed by atoms with Gasteiger partial charge in [-0.05, 0) is 30.2 Å². The first kappa shape index (κ1) is 18.4. The third-order valence-electron chi connectivity index (χ3n) is 3.36. The molecule has 0 radical (unpaired) electrons. The predicted octanol–water partition coefficient (Wildman–Crippen LogP) is 1.38. The van der Waals surface area contributed by atoms with E-state index in [1.54, 1.807) is 25.3 Å². The van der Waals surface area contributed by atoms with Gasteiger partial charge in [-0.15, -0.1) is 12.4 Å². The topological polar surface area (TPSA) is 73.6 Å². The molecule has 124 valence electrons. The molecule has 2 rings (SSSR count). The minimum absolute atomic E-state index is 0. The Morgan fingerprint density at radius 2 is 2.27 bits per heavy atom. The van der Waals surface area contributed by atoms with Gasteiger partial charge >= 0.3 is 0 Å². The summed E-state index contributed by atoms with van der Waals surface area (Å²) in [5.41, 5.74) is 5.75. The lowest BCUT2D eigenvalue weighted by Crippen LogP contribution is -2.45. The van der Waals surface area contributed by atoms with Crippen molar-refractivity contribution in [1.29, 1.82) is 0 Å². The van der Waals surface area contributed by atoms with E-state index in [1.807, 2.05) is 0 Å². The monoisotopic (exact) mass is 336 g/mol. The second-order valence-electron chi connectivity index (χ2n) is 4.96. The van der Waals surface area contributed by atoms with E-state index < -0.39 is 30.8 Å². The molecule has 0 bridgehead atoms. The summed E-state index contributed by atoms with van der Waals surface area (Å²) in [6.07, 6.45) is 0.423. The van der Waals surface area contributed by atoms with E-state index in [2.05, 4.69) is 5.32 Å². The van der Waals surface area contributed by atoms with Crippen LogP contribution in [0.25, 0.3) is 0 Å². The van der Waals surface area contributed by atoms with Gasteiger partial charge in [-0.3, -0.25) is 4.79 Å². The Bertz CT molecular complexity index is 529. The van der Waals surface area contributed by atoms with Gasteiger partial charge in [0.05, 0.1) is 26.1 Å². The highest BCUT2D eigenvalue weighted by Crippen LogP contribution is 2.30. The maximum absolute atomic E-state index is 13.0. The number of fused-ring (bicyclic) bond motifs is 1. The van der Waals surface area contributed by atoms with E-state index in [4.69, 9.17) is 15.2 Å². The molecule has 1 aromatic carbocycles. The minimum atomic E-state index is -3.09. The van der Waals surface area contributed by atoms with Crippen molar-refractivity contribution in [1.82, 2.24) is 5.32 Å². The number of halogens is 3. The summed E-state index contributed by atoms with van der Waals surface area (Å²) in [6, 6.07) is 5.31. The number of hydrogen-bond donors (Lipinski definition) is 2. The maximum Gasteiger partial charge on any atom is 0.277 e. The smallest absolute Gasteiger partial charge is 0.277 e. The molecule has 1 aromatic rings. The number of rotatable bonds is 5. The number of alkyl halides is 2. The van der Waals surface area contributed by atoms with Crippen LogP contribution in [0.2, 0.25) is 0 Å². The first-order valence-corrected chi connectivity index (χ1v) is 6.60. The van der Waals surface area contributed by atoms with Gasteiger partial charge in [-0.2, -0.15) is 0 Å². The minimum Gasteiger partial charge on any atom is -0.497 e. The van der Waals surface area contributed by atoms with Crippen LogP contribution < -0.4 is 20.5 Å². The fraction of sp³-hybridized carbons (Fsp3) is 0.500. The predicted molar refractivity (Wildman–Crippen MR) is 79.9 cm³/mol. The second kappa shape index (κ2) is 7.60. The van der Waals surface area contributed by atoms with Gasteiger partial charge in [0.2, 0.25) is 5.91 Å². The molecule has 1 amide bonds. The van der Waals surface area contributed by atoms with Crippen LogP contribution in [0.4, 0.5) is 8.78 Å². The normalized spacial score (nSPS) is 16.8. The molecule has 1 aliphatic rings. The SMILES string of the molecule is COc1ccc2c(c1)CC(C(=O)NCC(F)(F)CN)CO2.Cl. The zero-order chi connectivity index (χ0) is 15.5. The van der Waals surface area contributed by atoms with Crippen LogP contribution in [0.15, 0.2) is 18.2 Å². The highest BCUT2D eigenvalue weighted by molar-refractivity contribution is 5.85. The molecule has 1 heterocycles. The second-order valence-corrected chi connectivity index (χ2v) is 4.96. The summed E-state index contributed by atoms with van der Waals surface area (Å²) in [5, 5.41) is 2.22. The Hall–Kier alpha value is -1.60. The Kier molecular flexibility index (Phi) is 6.37. The first-order valence-electron chi connectivity index (χ1n) is 6.60. The summed E-state index contributed by atoms with van der Waals surface area (Å²) >= 11 is 0. The number of methoxy groups -OCH3 is 1. The number of nitrogens with two attached hydrogens (primary N) is 1. The lowest BCUT2D eigenvalue weighted by molar-refractivity contribution is -0.128. The Morgan fingerprint density at radius 3 is 2.91 bits per heavy atom. The molecule has 8 heteroatoms. The number of hydrogen-bond acceptors (Lipinski definition) is 4. The van der Waals surface area contributed by atoms with Crippen LogP contribution in [-0.4, -0.2) is 38.6 Å². The van der Waals surface area contributed by atoms with Crippen LogP contribution in [-0.2, 0) is 11.2 Å². The van der Waals surface area contributed by atoms with Crippen molar-refractivity contribution in [2.45, 2.75) is 12.3 Å². The highest BCUT2D eigenvalue weighted by atomic mass is 35.5. The summed E-state index contributed by atoms with van der Waals surface area (Å²) in [4.78, 5) is 11.9. The summed E-state index contributed by atoms with van der Waals surface area (Å²) < 4.78 is 36.7. The molecule has 1 aliphatic heterocycles. The molecule has 0 fully saturated rings. The van der Waals surface area contributed by atoms with Crippen molar-refractivity contribution in [3.8, 4) is 11.5 Å². The molecular formula is C14H19ClF2N2O3. The van der Waals surface area contributed by atoms with E-state index in [9.17, 15) is 13.6 Å². The zero-order valence-corrected chi connectivity index (χ0v) is 12.9. The molecular weight excluding hydrogens is 318 g/mol. The molecule has 22 heavy (non-hydrogen) atoms. The van der Waals surface area contributed by atoms with Crippen molar-refractivity contribution in [2.24, 2.45) is 11.7 Å². The third kappa shape index (κ3) is 4.45. The van der Waals surface area contributed by atoms with Crippen molar-refractivity contribution in [3.05, 3.63) is 23.8 Å². The molecule has 0 aliphatic carbocycles. The standard InChI is InChI=1S/C14H18F2N2O3.ClH/c1-20-11-2-3-12-9(5-11)4-10(6-21-12)13(19)18-8-14(15,16)7-17;/h2-3,5,10H,4,6-8,17H2,1H3,(H,18,19);1H. The quantitative estimate of drug-likeness (QED) is 0.852. The maximum atomic E-state index is 13.0. The van der Waals surface area contributed by atoms with Crippen LogP contribution >= 0.6 is 12.4 Å². The molecule has 3 N–H and O–H groups in total. The Morgan fingerprint density at radius 1 is 1.55 bits per heavy atom. The van der Waals surface area contributed by atoms with Crippen molar-refractivity contribution in [2.75, 3.05) is 26.8 Å². The summed E-state index contributed by atoms with van der Waals surface area (Å²) in [7, 11) is 1.55. The molecule has 0 saturated heterocycles. The van der Waals surface area contributed by atoms with Crippen LogP contribution in [0, 0.1) is 5.92 Å². The molecule has 1 unspecified atom stereocenters. The number of carbonyl (C=O) groups is 1. The van der Waals surface area contributed by atoms with Crippen molar-refractivity contribution < 1.29 is 23.0 Å². The van der Waals surface area contributed by atoms with Gasteiger partial charge in [-0.1, -0.05) is 0 Å². The molecule has 0 saturated carbocycles. The summed E-state index contributed by atoms with van der Waals surface area (Å²) in [5.74, 6) is -2.71. The van der Waals surface area contributed by atoms with Gasteiger partial charge in [0.1, 0.15) is 18.1 Å². The number of nitrogens with one attached hydrogen (secondary N) is 1. The highest BCUT2D eigenvalue weighted by Gasteiger charge is 2.31. The van der Waals surface area contributed by atoms with Gasteiger partial charge in [0.25, 0.3) is 5.92 Å². The molecule has 0 aromatic heterocycles. The largest absolute Gasteiger partial charge is 0.497 e. The van der Waals surface area contributed by atoms with Gasteiger partial charge < -0.3 is 20.5 Å². The average Bonchev–Trinajstić information content (AvgIpc) is 2.51. The summed E-state index contributed by atoms with van der Waals surface area (Å²) in [6.45, 7) is -1.39. The van der Waals surface area contributed by atoms with Crippen molar-refractivity contribution in [3.63, 3.8) is 0 Å². The van der Waals surface area contributed by atoms with E-state index in [-0.39, 0.29) is 19.0 Å². The Labute approximate surface area is 133 Å². The molecule has 1 atom stereocenters. The fourth-order valence-corrected chi connectivity index (χ4v) is 2.10. The molecule has 5 nitrogen and oxygen atoms in total. The number of benzene rings is 1. The van der Waals surface area contributed by atoms with E-state index in [0.717, 1.165) is 5.56 Å². The van der Waals surface area contributed by atoms with Crippen molar-refractivity contribution >= 4 is 18.3 Å². The number of carbonyl (C=O) groups excluding carboxylic acids is 1. The average molecular weight is 337 g/mol. The van der Waals surface area contributed by atoms with Crippen LogP contribution in [0.5, 0.6) is 11.5 Å². The lowest BCUT2D eigenvalue weighted by Gasteiger charge is -2.25. The van der Waals surface area contributed by atoms with Gasteiger partial charge in [-0.25, -0.2) is 8.78 Å². The third-order valence-corrected chi connectivity index (χ3v) is 3.36. The number of ether oxygens (including phenoxy) is 2. The lowest BCUT2D eigenvalue weighted by atomic mass is 9.95. The van der Waals surface area contributed by atoms with Crippen LogP contribution in [0.1, 0.15) is 5.56 Å². The number of amides is 1. The van der Waals surface area contributed by atoms with E-state index in [0.29, 0.717) is 17.9 Å². The van der Waals surface area contributed by atoms with E-state index >= 15 is 0 Å². The Balaban J connectivity index is 0.00000242. The first-order chi connectivity index (χ1) is 9.95. The van der Waals surface area contributed by atoms with E-state index in [1.165, 1.54) is 0 Å².